The summed E-state index contributed by atoms with van der Waals surface area (Å²) in [6.07, 6.45) is 0. The van der Waals surface area contributed by atoms with Crippen LogP contribution >= 0.6 is 11.6 Å². The van der Waals surface area contributed by atoms with E-state index in [-0.39, 0.29) is 12.0 Å². The Bertz CT molecular complexity index is 375. The normalized spacial score (nSPS) is 11.9. The van der Waals surface area contributed by atoms with Crippen molar-refractivity contribution >= 4 is 17.6 Å². The Morgan fingerprint density at radius 1 is 1.47 bits per heavy atom. The van der Waals surface area contributed by atoms with Crippen LogP contribution in [0, 0.1) is 0 Å². The molecule has 1 atom stereocenters. The van der Waals surface area contributed by atoms with Crippen molar-refractivity contribution < 1.29 is 9.73 Å². The molecule has 0 fully saturated rings. The van der Waals surface area contributed by atoms with E-state index in [2.05, 4.69) is 4.99 Å². The summed E-state index contributed by atoms with van der Waals surface area (Å²) in [7, 11) is 1.58. The Morgan fingerprint density at radius 2 is 2.13 bits per heavy atom. The monoisotopic (exact) mass is 228 g/mol. The van der Waals surface area contributed by atoms with Crippen LogP contribution in [0.15, 0.2) is 18.2 Å². The van der Waals surface area contributed by atoms with Crippen molar-refractivity contribution in [1.82, 2.24) is 0 Å². The Morgan fingerprint density at radius 3 is 2.60 bits per heavy atom. The number of rotatable bonds is 3. The molecule has 0 aliphatic heterocycles. The van der Waals surface area contributed by atoms with E-state index in [4.69, 9.17) is 27.8 Å². The van der Waals surface area contributed by atoms with Gasteiger partial charge in [0, 0.05) is 0 Å². The summed E-state index contributed by atoms with van der Waals surface area (Å²) in [5, 5.41) is 0.569. The van der Waals surface area contributed by atoms with Gasteiger partial charge in [-0.05, 0) is 24.6 Å². The van der Waals surface area contributed by atoms with Crippen LogP contribution in [0.4, 0.5) is 0 Å². The van der Waals surface area contributed by atoms with E-state index < -0.39 is 0 Å². The molecule has 0 aliphatic carbocycles. The predicted molar refractivity (Wildman–Crippen MR) is 60.8 cm³/mol. The first-order valence-corrected chi connectivity index (χ1v) is 4.90. The average Bonchev–Trinajstić information content (AvgIpc) is 2.16. The molecule has 82 valence electrons. The van der Waals surface area contributed by atoms with Crippen molar-refractivity contribution in [3.05, 3.63) is 28.8 Å². The van der Waals surface area contributed by atoms with E-state index in [0.717, 1.165) is 5.56 Å². The molecule has 0 aliphatic rings. The highest BCUT2D eigenvalue weighted by atomic mass is 35.5. The van der Waals surface area contributed by atoms with Gasteiger partial charge in [-0.25, -0.2) is 0 Å². The van der Waals surface area contributed by atoms with Gasteiger partial charge in [0.25, 0.3) is 0 Å². The summed E-state index contributed by atoms with van der Waals surface area (Å²) < 4.78 is 5.05. The van der Waals surface area contributed by atoms with Crippen LogP contribution in [0.3, 0.4) is 0 Å². The van der Waals surface area contributed by atoms with Crippen LogP contribution in [0.5, 0.6) is 5.75 Å². The molecule has 5 heteroatoms. The lowest BCUT2D eigenvalue weighted by Gasteiger charge is -2.08. The summed E-state index contributed by atoms with van der Waals surface area (Å²) in [4.78, 5) is 2.90. The molecule has 0 unspecified atom stereocenters. The van der Waals surface area contributed by atoms with Crippen LogP contribution in [0.2, 0.25) is 5.02 Å². The lowest BCUT2D eigenvalue weighted by Crippen LogP contribution is -2.78. The summed E-state index contributed by atoms with van der Waals surface area (Å²) in [6, 6.07) is 5.55. The zero-order valence-electron chi connectivity index (χ0n) is 8.75. The van der Waals surface area contributed by atoms with Gasteiger partial charge in [0.2, 0.25) is 0 Å². The number of guanidine groups is 1. The number of benzene rings is 1. The van der Waals surface area contributed by atoms with Crippen molar-refractivity contribution in [1.29, 1.82) is 0 Å². The standard InChI is InChI=1S/C10H14ClN3O/c1-6(14-10(12)13)7-3-4-9(15-2)8(11)5-7/h3-6H,1-2H3,(H4,12,13,14)/p+1/t6-/m0/s1. The Kier molecular flexibility index (Phi) is 3.80. The molecule has 4 nitrogen and oxygen atoms in total. The molecule has 5 N–H and O–H groups in total. The molecular formula is C10H15ClN3O+. The van der Waals surface area contributed by atoms with Gasteiger partial charge in [0.1, 0.15) is 5.75 Å². The average molecular weight is 229 g/mol. The lowest BCUT2D eigenvalue weighted by molar-refractivity contribution is -0.507. The zero-order chi connectivity index (χ0) is 11.4. The smallest absolute Gasteiger partial charge is 0.339 e. The van der Waals surface area contributed by atoms with E-state index in [0.29, 0.717) is 10.8 Å². The maximum atomic E-state index is 5.99. The maximum Gasteiger partial charge on any atom is 0.339 e. The number of nitrogens with two attached hydrogens (primary N) is 2. The van der Waals surface area contributed by atoms with E-state index in [1.807, 2.05) is 25.1 Å². The van der Waals surface area contributed by atoms with E-state index >= 15 is 0 Å². The van der Waals surface area contributed by atoms with Gasteiger partial charge < -0.3 is 4.74 Å². The predicted octanol–water partition coefficient (Wildman–Crippen LogP) is -0.236. The van der Waals surface area contributed by atoms with Crippen LogP contribution in [-0.4, -0.2) is 13.1 Å². The Hall–Kier alpha value is -1.42. The fraction of sp³-hybridized carbons (Fsp3) is 0.300. The van der Waals surface area contributed by atoms with Crippen molar-refractivity contribution in [3.8, 4) is 5.75 Å². The highest BCUT2D eigenvalue weighted by Gasteiger charge is 2.08. The van der Waals surface area contributed by atoms with Gasteiger partial charge in [-0.2, -0.15) is 0 Å². The fourth-order valence-corrected chi connectivity index (χ4v) is 1.55. The quantitative estimate of drug-likeness (QED) is 0.494. The molecule has 0 saturated heterocycles. The van der Waals surface area contributed by atoms with Crippen molar-refractivity contribution in [2.24, 2.45) is 11.5 Å². The first kappa shape index (κ1) is 11.7. The molecule has 0 spiro atoms. The second-order valence-electron chi connectivity index (χ2n) is 3.22. The van der Waals surface area contributed by atoms with E-state index in [9.17, 15) is 0 Å². The van der Waals surface area contributed by atoms with Crippen LogP contribution in [0.25, 0.3) is 0 Å². The molecule has 1 rings (SSSR count). The summed E-state index contributed by atoms with van der Waals surface area (Å²) in [6.45, 7) is 1.94. The van der Waals surface area contributed by atoms with Crippen LogP contribution in [0.1, 0.15) is 18.5 Å². The summed E-state index contributed by atoms with van der Waals surface area (Å²) in [5.74, 6) is 0.840. The minimum atomic E-state index is 0.0124. The second kappa shape index (κ2) is 4.89. The molecule has 0 amide bonds. The maximum absolute atomic E-state index is 5.99. The number of hydrogen-bond donors (Lipinski definition) is 3. The first-order valence-electron chi connectivity index (χ1n) is 4.52. The van der Waals surface area contributed by atoms with Crippen LogP contribution < -0.4 is 21.2 Å². The third-order valence-corrected chi connectivity index (χ3v) is 2.35. The summed E-state index contributed by atoms with van der Waals surface area (Å²) >= 11 is 5.99. The van der Waals surface area contributed by atoms with E-state index in [1.54, 1.807) is 7.11 Å². The Balaban J connectivity index is 2.97. The Labute approximate surface area is 93.9 Å². The fourth-order valence-electron chi connectivity index (χ4n) is 1.29. The molecule has 15 heavy (non-hydrogen) atoms. The van der Waals surface area contributed by atoms with E-state index in [1.165, 1.54) is 0 Å². The van der Waals surface area contributed by atoms with Crippen molar-refractivity contribution in [2.75, 3.05) is 7.11 Å². The molecule has 0 bridgehead atoms. The number of hydrogen-bond acceptors (Lipinski definition) is 1. The number of ether oxygens (including phenoxy) is 1. The zero-order valence-corrected chi connectivity index (χ0v) is 9.51. The third-order valence-electron chi connectivity index (χ3n) is 2.06. The minimum absolute atomic E-state index is 0.0124. The largest absolute Gasteiger partial charge is 0.495 e. The molecule has 1 aromatic rings. The highest BCUT2D eigenvalue weighted by Crippen LogP contribution is 2.26. The highest BCUT2D eigenvalue weighted by molar-refractivity contribution is 6.32. The molecule has 0 heterocycles. The number of halogens is 1. The first-order chi connectivity index (χ1) is 7.04. The lowest BCUT2D eigenvalue weighted by atomic mass is 10.1. The van der Waals surface area contributed by atoms with Gasteiger partial charge in [0.15, 0.2) is 0 Å². The molecule has 0 radical (unpaired) electrons. The third kappa shape index (κ3) is 3.02. The number of methoxy groups -OCH3 is 1. The van der Waals surface area contributed by atoms with Gasteiger partial charge >= 0.3 is 5.96 Å². The topological polar surface area (TPSA) is 75.2 Å². The summed E-state index contributed by atoms with van der Waals surface area (Å²) in [5.41, 5.74) is 11.7. The molecule has 0 aromatic heterocycles. The minimum Gasteiger partial charge on any atom is -0.495 e. The SMILES string of the molecule is COc1ccc([C@H](C)[NH+]=C(N)N)cc1Cl. The van der Waals surface area contributed by atoms with Gasteiger partial charge in [-0.3, -0.25) is 16.5 Å². The van der Waals surface area contributed by atoms with Crippen molar-refractivity contribution in [3.63, 3.8) is 0 Å². The molecule has 1 aromatic carbocycles. The molecular weight excluding hydrogens is 214 g/mol. The molecule has 0 saturated carbocycles. The van der Waals surface area contributed by atoms with Crippen molar-refractivity contribution in [2.45, 2.75) is 13.0 Å². The van der Waals surface area contributed by atoms with Gasteiger partial charge in [0.05, 0.1) is 18.2 Å². The van der Waals surface area contributed by atoms with Crippen LogP contribution in [-0.2, 0) is 0 Å². The number of nitrogens with one attached hydrogen (secondary N) is 1. The second-order valence-corrected chi connectivity index (χ2v) is 3.62. The van der Waals surface area contributed by atoms with Gasteiger partial charge in [-0.1, -0.05) is 17.7 Å². The van der Waals surface area contributed by atoms with Gasteiger partial charge in [-0.15, -0.1) is 0 Å².